The smallest absolute Gasteiger partial charge is 0.150 e. The van der Waals surface area contributed by atoms with Crippen LogP contribution in [0.1, 0.15) is 31.7 Å². The van der Waals surface area contributed by atoms with Gasteiger partial charge < -0.3 is 4.90 Å². The molecular weight excluding hydrogens is 234 g/mol. The van der Waals surface area contributed by atoms with Gasteiger partial charge in [-0.2, -0.15) is 5.26 Å². The predicted octanol–water partition coefficient (Wildman–Crippen LogP) is 3.46. The molecule has 0 amide bonds. The van der Waals surface area contributed by atoms with Crippen LogP contribution in [0.4, 0.5) is 14.5 Å². The van der Waals surface area contributed by atoms with Crippen LogP contribution >= 0.6 is 0 Å². The summed E-state index contributed by atoms with van der Waals surface area (Å²) in [6, 6.07) is 3.97. The fourth-order valence-electron chi connectivity index (χ4n) is 2.42. The van der Waals surface area contributed by atoms with Gasteiger partial charge in [-0.3, -0.25) is 0 Å². The minimum Gasteiger partial charge on any atom is -0.367 e. The van der Waals surface area contributed by atoms with Crippen molar-refractivity contribution in [2.75, 3.05) is 18.0 Å². The number of nitrogens with zero attached hydrogens (tertiary/aromatic N) is 2. The second-order valence-electron chi connectivity index (χ2n) is 4.92. The molecule has 0 N–H and O–H groups in total. The summed E-state index contributed by atoms with van der Waals surface area (Å²) in [5.74, 6) is -0.679. The summed E-state index contributed by atoms with van der Waals surface area (Å²) >= 11 is 0. The summed E-state index contributed by atoms with van der Waals surface area (Å²) < 4.78 is 27.8. The summed E-state index contributed by atoms with van der Waals surface area (Å²) in [6.45, 7) is 3.50. The average molecular weight is 250 g/mol. The maximum Gasteiger partial charge on any atom is 0.150 e. The Kier molecular flexibility index (Phi) is 3.81. The molecule has 2 nitrogen and oxygen atoms in total. The van der Waals surface area contributed by atoms with Gasteiger partial charge in [0, 0.05) is 13.1 Å². The molecule has 1 unspecified atom stereocenters. The van der Waals surface area contributed by atoms with Crippen molar-refractivity contribution in [2.24, 2.45) is 5.92 Å². The molecule has 1 aromatic rings. The summed E-state index contributed by atoms with van der Waals surface area (Å²) in [5.41, 5.74) is 0.0417. The molecule has 0 aliphatic carbocycles. The largest absolute Gasteiger partial charge is 0.367 e. The van der Waals surface area contributed by atoms with E-state index in [1.54, 1.807) is 11.0 Å². The van der Waals surface area contributed by atoms with E-state index < -0.39 is 11.6 Å². The highest BCUT2D eigenvalue weighted by Crippen LogP contribution is 2.28. The molecule has 0 saturated carbocycles. The first-order valence-electron chi connectivity index (χ1n) is 6.26. The van der Waals surface area contributed by atoms with E-state index in [1.807, 2.05) is 0 Å². The van der Waals surface area contributed by atoms with Crippen molar-refractivity contribution in [3.63, 3.8) is 0 Å². The minimum atomic E-state index is -0.638. The zero-order valence-electron chi connectivity index (χ0n) is 10.4. The number of rotatable bonds is 1. The zero-order chi connectivity index (χ0) is 13.1. The third-order valence-electron chi connectivity index (χ3n) is 3.48. The van der Waals surface area contributed by atoms with Crippen molar-refractivity contribution in [1.82, 2.24) is 0 Å². The Morgan fingerprint density at radius 3 is 2.50 bits per heavy atom. The molecule has 0 spiro atoms. The standard InChI is InChI=1S/C14H16F2N2/c1-10-3-2-5-18(6-4-10)14-12(15)7-11(9-17)8-13(14)16/h7-8,10H,2-6H2,1H3. The van der Waals surface area contributed by atoms with E-state index >= 15 is 0 Å². The second kappa shape index (κ2) is 5.34. The van der Waals surface area contributed by atoms with E-state index in [-0.39, 0.29) is 11.3 Å². The molecule has 1 atom stereocenters. The molecule has 2 rings (SSSR count). The van der Waals surface area contributed by atoms with Crippen LogP contribution in [0.3, 0.4) is 0 Å². The molecule has 96 valence electrons. The third-order valence-corrected chi connectivity index (χ3v) is 3.48. The Labute approximate surface area is 106 Å². The highest BCUT2D eigenvalue weighted by atomic mass is 19.1. The van der Waals surface area contributed by atoms with Crippen LogP contribution in [-0.2, 0) is 0 Å². The molecule has 18 heavy (non-hydrogen) atoms. The number of halogens is 2. The van der Waals surface area contributed by atoms with E-state index in [2.05, 4.69) is 6.92 Å². The van der Waals surface area contributed by atoms with Gasteiger partial charge in [0.2, 0.25) is 0 Å². The summed E-state index contributed by atoms with van der Waals surface area (Å²) in [7, 11) is 0. The van der Waals surface area contributed by atoms with E-state index in [0.717, 1.165) is 31.4 Å². The summed E-state index contributed by atoms with van der Waals surface area (Å²) in [5, 5.41) is 8.67. The topological polar surface area (TPSA) is 27.0 Å². The van der Waals surface area contributed by atoms with Crippen molar-refractivity contribution in [1.29, 1.82) is 5.26 Å². The number of benzene rings is 1. The van der Waals surface area contributed by atoms with Crippen LogP contribution in [0.25, 0.3) is 0 Å². The SMILES string of the molecule is CC1CCCN(c2c(F)cc(C#N)cc2F)CC1. The van der Waals surface area contributed by atoms with Crippen molar-refractivity contribution in [3.8, 4) is 6.07 Å². The van der Waals surface area contributed by atoms with Crippen LogP contribution in [0.5, 0.6) is 0 Å². The lowest BCUT2D eigenvalue weighted by Crippen LogP contribution is -2.26. The molecule has 1 fully saturated rings. The molecule has 4 heteroatoms. The van der Waals surface area contributed by atoms with E-state index in [4.69, 9.17) is 5.26 Å². The van der Waals surface area contributed by atoms with Gasteiger partial charge in [0.1, 0.15) is 5.69 Å². The lowest BCUT2D eigenvalue weighted by Gasteiger charge is -2.23. The van der Waals surface area contributed by atoms with Gasteiger partial charge >= 0.3 is 0 Å². The predicted molar refractivity (Wildman–Crippen MR) is 66.3 cm³/mol. The first kappa shape index (κ1) is 12.8. The number of hydrogen-bond donors (Lipinski definition) is 0. The quantitative estimate of drug-likeness (QED) is 0.763. The van der Waals surface area contributed by atoms with Gasteiger partial charge in [-0.25, -0.2) is 8.78 Å². The second-order valence-corrected chi connectivity index (χ2v) is 4.92. The minimum absolute atomic E-state index is 0.0168. The Morgan fingerprint density at radius 1 is 1.22 bits per heavy atom. The van der Waals surface area contributed by atoms with Gasteiger partial charge in [0.05, 0.1) is 11.6 Å². The molecule has 1 aliphatic rings. The van der Waals surface area contributed by atoms with Crippen LogP contribution in [-0.4, -0.2) is 13.1 Å². The molecular formula is C14H16F2N2. The summed E-state index contributed by atoms with van der Waals surface area (Å²) in [6.07, 6.45) is 2.98. The molecule has 0 aromatic heterocycles. The van der Waals surface area contributed by atoms with Gasteiger partial charge in [0.25, 0.3) is 0 Å². The number of hydrogen-bond acceptors (Lipinski definition) is 2. The van der Waals surface area contributed by atoms with E-state index in [9.17, 15) is 8.78 Å². The average Bonchev–Trinajstić information content (AvgIpc) is 2.53. The zero-order valence-corrected chi connectivity index (χ0v) is 10.4. The third kappa shape index (κ3) is 2.61. The monoisotopic (exact) mass is 250 g/mol. The Morgan fingerprint density at radius 2 is 1.89 bits per heavy atom. The molecule has 1 aliphatic heterocycles. The van der Waals surface area contributed by atoms with Gasteiger partial charge in [-0.15, -0.1) is 0 Å². The highest BCUT2D eigenvalue weighted by molar-refractivity contribution is 5.52. The number of nitriles is 1. The van der Waals surface area contributed by atoms with Crippen LogP contribution in [0.2, 0.25) is 0 Å². The van der Waals surface area contributed by atoms with E-state index in [0.29, 0.717) is 19.0 Å². The highest BCUT2D eigenvalue weighted by Gasteiger charge is 2.21. The van der Waals surface area contributed by atoms with Gasteiger partial charge in [-0.1, -0.05) is 6.92 Å². The molecule has 0 bridgehead atoms. The first-order chi connectivity index (χ1) is 8.61. The van der Waals surface area contributed by atoms with Crippen molar-refractivity contribution >= 4 is 5.69 Å². The molecule has 1 aromatic carbocycles. The maximum atomic E-state index is 13.9. The Hall–Kier alpha value is -1.63. The Balaban J connectivity index is 2.30. The van der Waals surface area contributed by atoms with Crippen LogP contribution < -0.4 is 4.90 Å². The van der Waals surface area contributed by atoms with Crippen molar-refractivity contribution < 1.29 is 8.78 Å². The van der Waals surface area contributed by atoms with Crippen LogP contribution in [0, 0.1) is 28.9 Å². The normalized spacial score (nSPS) is 20.3. The van der Waals surface area contributed by atoms with Gasteiger partial charge in [0.15, 0.2) is 11.6 Å². The Bertz CT molecular complexity index is 456. The number of anilines is 1. The van der Waals surface area contributed by atoms with Crippen LogP contribution in [0.15, 0.2) is 12.1 Å². The fourth-order valence-corrected chi connectivity index (χ4v) is 2.42. The fraction of sp³-hybridized carbons (Fsp3) is 0.500. The molecule has 1 saturated heterocycles. The molecule has 0 radical (unpaired) electrons. The molecule has 1 heterocycles. The lowest BCUT2D eigenvalue weighted by molar-refractivity contribution is 0.519. The van der Waals surface area contributed by atoms with E-state index in [1.165, 1.54) is 0 Å². The van der Waals surface area contributed by atoms with Crippen molar-refractivity contribution in [2.45, 2.75) is 26.2 Å². The maximum absolute atomic E-state index is 13.9. The lowest BCUT2D eigenvalue weighted by atomic mass is 10.0. The summed E-state index contributed by atoms with van der Waals surface area (Å²) in [4.78, 5) is 1.76. The van der Waals surface area contributed by atoms with Gasteiger partial charge in [-0.05, 0) is 37.3 Å². The first-order valence-corrected chi connectivity index (χ1v) is 6.26. The van der Waals surface area contributed by atoms with Crippen molar-refractivity contribution in [3.05, 3.63) is 29.3 Å².